The number of hydrogen-bond donors (Lipinski definition) is 5. The molecular weight excluding hydrogens is 693 g/mol. The van der Waals surface area contributed by atoms with Crippen molar-refractivity contribution in [3.63, 3.8) is 0 Å². The minimum absolute atomic E-state index is 0.0169. The quantitative estimate of drug-likeness (QED) is 0.129. The van der Waals surface area contributed by atoms with Crippen LogP contribution in [-0.4, -0.2) is 82.9 Å². The Morgan fingerprint density at radius 2 is 1.68 bits per heavy atom. The maximum atomic E-state index is 14.1. The number of aliphatic hydroxyl groups is 1. The summed E-state index contributed by atoms with van der Waals surface area (Å²) in [5.74, 6) is -3.97. The Bertz CT molecular complexity index is 1780. The molecule has 2 atom stereocenters. The van der Waals surface area contributed by atoms with Crippen LogP contribution in [0.15, 0.2) is 59.8 Å². The standard InChI is InChI=1S/C34H35Cl2N5O9/c1-19-12-21(13-20(2)32(19)47)33(48)39-26-16-40(30(44)10-11-42)27-8-3-4-9-28(27)41(34(26)49)17-29(43)38-22(14-31(45)46)15-37-50-18-23-24(35)6-5-7-25(23)36/h3-9,12-13,15,22,26,42,47H,10-11,14,16-18H2,1-2H3,(H,38,43)(H,39,48)(H,45,46)/t22-,26-/m0/s1. The molecule has 0 saturated carbocycles. The number of aliphatic hydroxyl groups excluding tert-OH is 1. The Labute approximate surface area is 297 Å². The number of carbonyl (C=O) groups is 5. The molecule has 264 valence electrons. The van der Waals surface area contributed by atoms with E-state index in [9.17, 15) is 39.3 Å². The van der Waals surface area contributed by atoms with Crippen LogP contribution < -0.4 is 20.4 Å². The van der Waals surface area contributed by atoms with Gasteiger partial charge < -0.3 is 35.7 Å². The van der Waals surface area contributed by atoms with Crippen LogP contribution in [0.25, 0.3) is 0 Å². The first-order valence-corrected chi connectivity index (χ1v) is 16.1. The molecule has 0 saturated heterocycles. The third-order valence-corrected chi connectivity index (χ3v) is 8.41. The minimum Gasteiger partial charge on any atom is -0.507 e. The number of nitrogens with zero attached hydrogens (tertiary/aromatic N) is 3. The van der Waals surface area contributed by atoms with Crippen molar-refractivity contribution in [3.8, 4) is 5.75 Å². The van der Waals surface area contributed by atoms with E-state index in [1.165, 1.54) is 23.1 Å². The lowest BCUT2D eigenvalue weighted by molar-refractivity contribution is -0.137. The van der Waals surface area contributed by atoms with Crippen LogP contribution >= 0.6 is 23.2 Å². The first-order valence-electron chi connectivity index (χ1n) is 15.3. The summed E-state index contributed by atoms with van der Waals surface area (Å²) >= 11 is 12.3. The lowest BCUT2D eigenvalue weighted by Gasteiger charge is -2.25. The number of amides is 4. The Morgan fingerprint density at radius 1 is 1.04 bits per heavy atom. The third kappa shape index (κ3) is 9.28. The second-order valence-corrected chi connectivity index (χ2v) is 12.2. The van der Waals surface area contributed by atoms with Gasteiger partial charge in [-0.25, -0.2) is 0 Å². The first kappa shape index (κ1) is 37.6. The van der Waals surface area contributed by atoms with Gasteiger partial charge in [-0.1, -0.05) is 46.6 Å². The summed E-state index contributed by atoms with van der Waals surface area (Å²) < 4.78 is 0. The van der Waals surface area contributed by atoms with E-state index >= 15 is 0 Å². The van der Waals surface area contributed by atoms with Crippen LogP contribution in [0.2, 0.25) is 10.0 Å². The van der Waals surface area contributed by atoms with E-state index in [0.29, 0.717) is 26.7 Å². The number of anilines is 2. The number of fused-ring (bicyclic) bond motifs is 1. The largest absolute Gasteiger partial charge is 0.507 e. The molecule has 14 nitrogen and oxygen atoms in total. The van der Waals surface area contributed by atoms with E-state index in [1.807, 2.05) is 0 Å². The monoisotopic (exact) mass is 727 g/mol. The maximum absolute atomic E-state index is 14.1. The van der Waals surface area contributed by atoms with Crippen molar-refractivity contribution in [1.82, 2.24) is 10.6 Å². The predicted octanol–water partition coefficient (Wildman–Crippen LogP) is 3.34. The molecule has 0 aliphatic carbocycles. The first-order chi connectivity index (χ1) is 23.8. The molecule has 1 heterocycles. The molecule has 0 aromatic heterocycles. The van der Waals surface area contributed by atoms with Crippen LogP contribution in [0, 0.1) is 13.8 Å². The Kier molecular flexibility index (Phi) is 12.8. The molecular formula is C34H35Cl2N5O9. The summed E-state index contributed by atoms with van der Waals surface area (Å²) in [6.45, 7) is 1.67. The van der Waals surface area contributed by atoms with Crippen molar-refractivity contribution < 1.29 is 44.1 Å². The summed E-state index contributed by atoms with van der Waals surface area (Å²) in [5, 5.41) is 38.8. The maximum Gasteiger partial charge on any atom is 0.305 e. The summed E-state index contributed by atoms with van der Waals surface area (Å²) in [5.41, 5.74) is 1.88. The highest BCUT2D eigenvalue weighted by Gasteiger charge is 2.38. The number of hydrogen-bond acceptors (Lipinski definition) is 9. The lowest BCUT2D eigenvalue weighted by Crippen LogP contribution is -2.54. The van der Waals surface area contributed by atoms with Crippen molar-refractivity contribution >= 4 is 70.4 Å². The van der Waals surface area contributed by atoms with E-state index in [0.717, 1.165) is 11.1 Å². The number of phenolic OH excluding ortho intramolecular Hbond substituents is 1. The molecule has 1 aliphatic heterocycles. The zero-order valence-electron chi connectivity index (χ0n) is 27.1. The van der Waals surface area contributed by atoms with Crippen molar-refractivity contribution in [2.45, 2.75) is 45.4 Å². The number of phenols is 1. The van der Waals surface area contributed by atoms with Crippen LogP contribution in [0.5, 0.6) is 5.75 Å². The Morgan fingerprint density at radius 3 is 2.30 bits per heavy atom. The van der Waals surface area contributed by atoms with Gasteiger partial charge in [-0.05, 0) is 61.4 Å². The number of benzene rings is 3. The lowest BCUT2D eigenvalue weighted by atomic mass is 10.0. The topological polar surface area (TPSA) is 198 Å². The van der Waals surface area contributed by atoms with Crippen LogP contribution in [0.3, 0.4) is 0 Å². The van der Waals surface area contributed by atoms with Crippen LogP contribution in [-0.2, 0) is 30.6 Å². The van der Waals surface area contributed by atoms with E-state index in [4.69, 9.17) is 28.0 Å². The van der Waals surface area contributed by atoms with Gasteiger partial charge in [0.15, 0.2) is 0 Å². The average Bonchev–Trinajstić information content (AvgIpc) is 3.17. The highest BCUT2D eigenvalue weighted by molar-refractivity contribution is 6.36. The van der Waals surface area contributed by atoms with Gasteiger partial charge in [-0.15, -0.1) is 0 Å². The van der Waals surface area contributed by atoms with Crippen molar-refractivity contribution in [1.29, 1.82) is 0 Å². The van der Waals surface area contributed by atoms with Crippen LogP contribution in [0.4, 0.5) is 11.4 Å². The predicted molar refractivity (Wildman–Crippen MR) is 186 cm³/mol. The fraction of sp³-hybridized carbons (Fsp3) is 0.294. The smallest absolute Gasteiger partial charge is 0.305 e. The molecule has 4 amide bonds. The number of rotatable bonds is 13. The highest BCUT2D eigenvalue weighted by Crippen LogP contribution is 2.33. The minimum atomic E-state index is -1.36. The molecule has 0 unspecified atom stereocenters. The van der Waals surface area contributed by atoms with Crippen molar-refractivity contribution in [2.24, 2.45) is 5.16 Å². The van der Waals surface area contributed by atoms with Gasteiger partial charge in [0.05, 0.1) is 49.6 Å². The Balaban J connectivity index is 1.59. The van der Waals surface area contributed by atoms with Gasteiger partial charge in [0, 0.05) is 21.2 Å². The number of carboxylic acid groups (broad SMARTS) is 1. The Hall–Kier alpha value is -5.18. The SMILES string of the molecule is Cc1cc(C(=O)N[C@H]2CN(C(=O)CCO)c3ccccc3N(CC(=O)N[C@H](C=NOCc3c(Cl)cccc3Cl)CC(=O)O)C2=O)cc(C)c1O. The molecule has 5 N–H and O–H groups in total. The van der Waals surface area contributed by atoms with Gasteiger partial charge >= 0.3 is 5.97 Å². The number of aromatic hydroxyl groups is 1. The molecule has 1 aliphatic rings. The summed E-state index contributed by atoms with van der Waals surface area (Å²) in [7, 11) is 0. The van der Waals surface area contributed by atoms with Gasteiger partial charge in [0.25, 0.3) is 11.8 Å². The van der Waals surface area contributed by atoms with Gasteiger partial charge in [-0.3, -0.25) is 28.9 Å². The molecule has 50 heavy (non-hydrogen) atoms. The number of carbonyl (C=O) groups excluding carboxylic acids is 4. The summed E-state index contributed by atoms with van der Waals surface area (Å²) in [6, 6.07) is 11.5. The van der Waals surface area contributed by atoms with Crippen LogP contribution in [0.1, 0.15) is 39.9 Å². The summed E-state index contributed by atoms with van der Waals surface area (Å²) in [4.78, 5) is 73.4. The van der Waals surface area contributed by atoms with E-state index in [2.05, 4.69) is 15.8 Å². The van der Waals surface area contributed by atoms with E-state index in [1.54, 1.807) is 50.2 Å². The fourth-order valence-electron chi connectivity index (χ4n) is 5.27. The molecule has 16 heteroatoms. The van der Waals surface area contributed by atoms with Crippen molar-refractivity contribution in [3.05, 3.63) is 86.9 Å². The molecule has 4 rings (SSSR count). The number of halogens is 2. The van der Waals surface area contributed by atoms with Gasteiger partial charge in [-0.2, -0.15) is 0 Å². The van der Waals surface area contributed by atoms with Crippen molar-refractivity contribution in [2.75, 3.05) is 29.5 Å². The molecule has 0 bridgehead atoms. The normalized spacial score (nSPS) is 14.9. The summed E-state index contributed by atoms with van der Waals surface area (Å²) in [6.07, 6.45) is 0.222. The average molecular weight is 729 g/mol. The molecule has 3 aromatic rings. The third-order valence-electron chi connectivity index (χ3n) is 7.71. The second-order valence-electron chi connectivity index (χ2n) is 11.4. The van der Waals surface area contributed by atoms with E-state index in [-0.39, 0.29) is 42.3 Å². The highest BCUT2D eigenvalue weighted by atomic mass is 35.5. The fourth-order valence-corrected chi connectivity index (χ4v) is 5.77. The molecule has 3 aromatic carbocycles. The van der Waals surface area contributed by atoms with Gasteiger partial charge in [0.2, 0.25) is 11.8 Å². The number of carboxylic acids is 1. The zero-order chi connectivity index (χ0) is 36.5. The number of oxime groups is 1. The number of nitrogens with one attached hydrogen (secondary N) is 2. The molecule has 0 spiro atoms. The number of aliphatic carboxylic acids is 1. The zero-order valence-corrected chi connectivity index (χ0v) is 28.6. The second kappa shape index (κ2) is 17.0. The molecule has 0 fully saturated rings. The van der Waals surface area contributed by atoms with E-state index < -0.39 is 61.3 Å². The number of aryl methyl sites for hydroxylation is 2. The van der Waals surface area contributed by atoms with Gasteiger partial charge in [0.1, 0.15) is 24.9 Å². The molecule has 0 radical (unpaired) electrons. The number of para-hydroxylation sites is 2.